The average Bonchev–Trinajstić information content (AvgIpc) is 3.01. The lowest BCUT2D eigenvalue weighted by Gasteiger charge is -2.08. The predicted molar refractivity (Wildman–Crippen MR) is 86.3 cm³/mol. The zero-order valence-corrected chi connectivity index (χ0v) is 12.4. The van der Waals surface area contributed by atoms with Gasteiger partial charge in [-0.25, -0.2) is 9.97 Å². The highest BCUT2D eigenvalue weighted by molar-refractivity contribution is 7.16. The average molecular weight is 314 g/mol. The van der Waals surface area contributed by atoms with Crippen molar-refractivity contribution in [2.45, 2.75) is 0 Å². The van der Waals surface area contributed by atoms with Crippen molar-refractivity contribution in [2.75, 3.05) is 18.4 Å². The molecule has 0 unspecified atom stereocenters. The van der Waals surface area contributed by atoms with Crippen molar-refractivity contribution < 1.29 is 9.90 Å². The molecular weight excluding hydrogens is 300 g/mol. The van der Waals surface area contributed by atoms with E-state index in [0.29, 0.717) is 18.7 Å². The van der Waals surface area contributed by atoms with E-state index in [9.17, 15) is 9.90 Å². The normalized spacial score (nSPS) is 10.5. The van der Waals surface area contributed by atoms with Crippen molar-refractivity contribution in [1.29, 1.82) is 0 Å². The van der Waals surface area contributed by atoms with Crippen LogP contribution in [0.2, 0.25) is 0 Å². The van der Waals surface area contributed by atoms with Gasteiger partial charge < -0.3 is 15.7 Å². The van der Waals surface area contributed by atoms with E-state index < -0.39 is 0 Å². The van der Waals surface area contributed by atoms with E-state index in [-0.39, 0.29) is 11.7 Å². The Kier molecular flexibility index (Phi) is 4.15. The molecule has 6 nitrogen and oxygen atoms in total. The molecular formula is C15H14N4O2S. The second-order valence-electron chi connectivity index (χ2n) is 4.59. The molecule has 0 bridgehead atoms. The lowest BCUT2D eigenvalue weighted by Crippen LogP contribution is -2.28. The van der Waals surface area contributed by atoms with Gasteiger partial charge >= 0.3 is 0 Å². The number of fused-ring (bicyclic) bond motifs is 1. The summed E-state index contributed by atoms with van der Waals surface area (Å²) >= 11 is 1.56. The van der Waals surface area contributed by atoms with Crippen LogP contribution in [-0.2, 0) is 0 Å². The lowest BCUT2D eigenvalue weighted by atomic mass is 10.2. The number of hydrogen-bond acceptors (Lipinski definition) is 6. The Labute approximate surface area is 130 Å². The van der Waals surface area contributed by atoms with Gasteiger partial charge in [-0.3, -0.25) is 4.79 Å². The van der Waals surface area contributed by atoms with Crippen molar-refractivity contribution in [3.8, 4) is 5.75 Å². The van der Waals surface area contributed by atoms with E-state index in [1.165, 1.54) is 18.5 Å². The first kappa shape index (κ1) is 14.3. The van der Waals surface area contributed by atoms with E-state index >= 15 is 0 Å². The molecule has 3 N–H and O–H groups in total. The van der Waals surface area contributed by atoms with Gasteiger partial charge in [0.1, 0.15) is 22.7 Å². The van der Waals surface area contributed by atoms with Crippen molar-refractivity contribution in [1.82, 2.24) is 15.3 Å². The number of nitrogens with zero attached hydrogens (tertiary/aromatic N) is 2. The molecule has 2 heterocycles. The Morgan fingerprint density at radius 1 is 1.14 bits per heavy atom. The molecule has 0 aliphatic rings. The van der Waals surface area contributed by atoms with Gasteiger partial charge in [-0.1, -0.05) is 0 Å². The van der Waals surface area contributed by atoms with Crippen molar-refractivity contribution in [2.24, 2.45) is 0 Å². The minimum atomic E-state index is -0.176. The molecule has 1 aromatic carbocycles. The molecule has 112 valence electrons. The summed E-state index contributed by atoms with van der Waals surface area (Å²) in [6.45, 7) is 1.03. The van der Waals surface area contributed by atoms with Crippen LogP contribution in [0.3, 0.4) is 0 Å². The maximum atomic E-state index is 11.9. The number of aromatic hydroxyl groups is 1. The number of benzene rings is 1. The third-order valence-corrected chi connectivity index (χ3v) is 3.91. The van der Waals surface area contributed by atoms with E-state index in [1.807, 2.05) is 11.4 Å². The van der Waals surface area contributed by atoms with Crippen LogP contribution in [0.1, 0.15) is 10.4 Å². The summed E-state index contributed by atoms with van der Waals surface area (Å²) in [5, 5.41) is 18.1. The number of rotatable bonds is 5. The van der Waals surface area contributed by atoms with Gasteiger partial charge in [-0.05, 0) is 35.7 Å². The maximum Gasteiger partial charge on any atom is 0.251 e. The standard InChI is InChI=1S/C15H14N4O2S/c20-11-3-1-10(2-4-11)14(21)17-7-6-16-13-12-5-8-22-15(12)19-9-18-13/h1-5,8-9,20H,6-7H2,(H,17,21)(H,16,18,19). The maximum absolute atomic E-state index is 11.9. The minimum absolute atomic E-state index is 0.141. The fourth-order valence-corrected chi connectivity index (χ4v) is 2.74. The van der Waals surface area contributed by atoms with Gasteiger partial charge in [0, 0.05) is 18.7 Å². The topological polar surface area (TPSA) is 87.1 Å². The van der Waals surface area contributed by atoms with Gasteiger partial charge in [0.05, 0.1) is 5.39 Å². The number of amides is 1. The molecule has 1 amide bonds. The van der Waals surface area contributed by atoms with E-state index in [2.05, 4.69) is 20.6 Å². The van der Waals surface area contributed by atoms with Crippen LogP contribution in [-0.4, -0.2) is 34.1 Å². The van der Waals surface area contributed by atoms with Crippen LogP contribution in [0.15, 0.2) is 42.0 Å². The van der Waals surface area contributed by atoms with Crippen LogP contribution in [0, 0.1) is 0 Å². The van der Waals surface area contributed by atoms with Crippen LogP contribution < -0.4 is 10.6 Å². The number of carbonyl (C=O) groups excluding carboxylic acids is 1. The molecule has 0 fully saturated rings. The smallest absolute Gasteiger partial charge is 0.251 e. The summed E-state index contributed by atoms with van der Waals surface area (Å²) in [5.41, 5.74) is 0.514. The molecule has 3 aromatic rings. The summed E-state index contributed by atoms with van der Waals surface area (Å²) in [7, 11) is 0. The van der Waals surface area contributed by atoms with Gasteiger partial charge in [-0.15, -0.1) is 11.3 Å². The van der Waals surface area contributed by atoms with Crippen LogP contribution >= 0.6 is 11.3 Å². The summed E-state index contributed by atoms with van der Waals surface area (Å²) < 4.78 is 0. The molecule has 7 heteroatoms. The second-order valence-corrected chi connectivity index (χ2v) is 5.49. The molecule has 0 saturated heterocycles. The molecule has 22 heavy (non-hydrogen) atoms. The first-order chi connectivity index (χ1) is 10.7. The number of aromatic nitrogens is 2. The molecule has 0 aliphatic heterocycles. The van der Waals surface area contributed by atoms with Gasteiger partial charge in [0.15, 0.2) is 0 Å². The fraction of sp³-hybridized carbons (Fsp3) is 0.133. The third-order valence-electron chi connectivity index (χ3n) is 3.09. The van der Waals surface area contributed by atoms with Crippen LogP contribution in [0.5, 0.6) is 5.75 Å². The van der Waals surface area contributed by atoms with E-state index in [1.54, 1.807) is 23.5 Å². The highest BCUT2D eigenvalue weighted by atomic mass is 32.1. The van der Waals surface area contributed by atoms with Gasteiger partial charge in [0.25, 0.3) is 5.91 Å². The van der Waals surface area contributed by atoms with Gasteiger partial charge in [-0.2, -0.15) is 0 Å². The fourth-order valence-electron chi connectivity index (χ4n) is 2.00. The number of nitrogens with one attached hydrogen (secondary N) is 2. The second kappa shape index (κ2) is 6.40. The third kappa shape index (κ3) is 3.15. The Morgan fingerprint density at radius 2 is 1.95 bits per heavy atom. The largest absolute Gasteiger partial charge is 0.508 e. The highest BCUT2D eigenvalue weighted by Gasteiger charge is 2.06. The first-order valence-electron chi connectivity index (χ1n) is 6.73. The van der Waals surface area contributed by atoms with Crippen LogP contribution in [0.25, 0.3) is 10.2 Å². The Bertz CT molecular complexity index is 786. The summed E-state index contributed by atoms with van der Waals surface area (Å²) in [6, 6.07) is 8.11. The summed E-state index contributed by atoms with van der Waals surface area (Å²) in [5.74, 6) is 0.733. The minimum Gasteiger partial charge on any atom is -0.508 e. The quantitative estimate of drug-likeness (QED) is 0.629. The number of phenolic OH excluding ortho intramolecular Hbond substituents is 1. The zero-order chi connectivity index (χ0) is 15.4. The SMILES string of the molecule is O=C(NCCNc1ncnc2sccc12)c1ccc(O)cc1. The number of thiophene rings is 1. The lowest BCUT2D eigenvalue weighted by molar-refractivity contribution is 0.0955. The predicted octanol–water partition coefficient (Wildman–Crippen LogP) is 2.24. The Hall–Kier alpha value is -2.67. The van der Waals surface area contributed by atoms with E-state index in [0.717, 1.165) is 16.0 Å². The number of carbonyl (C=O) groups is 1. The van der Waals surface area contributed by atoms with Crippen molar-refractivity contribution in [3.05, 3.63) is 47.6 Å². The molecule has 0 spiro atoms. The zero-order valence-electron chi connectivity index (χ0n) is 11.6. The molecule has 0 atom stereocenters. The number of phenols is 1. The first-order valence-corrected chi connectivity index (χ1v) is 7.61. The monoisotopic (exact) mass is 314 g/mol. The van der Waals surface area contributed by atoms with Crippen LogP contribution in [0.4, 0.5) is 5.82 Å². The van der Waals surface area contributed by atoms with E-state index in [4.69, 9.17) is 0 Å². The number of hydrogen-bond donors (Lipinski definition) is 3. The Balaban J connectivity index is 1.52. The molecule has 2 aromatic heterocycles. The van der Waals surface area contributed by atoms with Gasteiger partial charge in [0.2, 0.25) is 0 Å². The van der Waals surface area contributed by atoms with Crippen molar-refractivity contribution in [3.63, 3.8) is 0 Å². The molecule has 0 aliphatic carbocycles. The molecule has 3 rings (SSSR count). The Morgan fingerprint density at radius 3 is 2.77 bits per heavy atom. The number of anilines is 1. The summed E-state index contributed by atoms with van der Waals surface area (Å²) in [4.78, 5) is 21.2. The highest BCUT2D eigenvalue weighted by Crippen LogP contribution is 2.23. The molecule has 0 saturated carbocycles. The van der Waals surface area contributed by atoms with Crippen molar-refractivity contribution >= 4 is 33.3 Å². The summed E-state index contributed by atoms with van der Waals surface area (Å²) in [6.07, 6.45) is 1.52. The molecule has 0 radical (unpaired) electrons.